The molecule has 6 heteroatoms. The van der Waals surface area contributed by atoms with Crippen LogP contribution in [0.25, 0.3) is 6.08 Å². The molecule has 3 rings (SSSR count). The molecule has 1 atom stereocenters. The summed E-state index contributed by atoms with van der Waals surface area (Å²) in [6.45, 7) is 1.12. The molecular weight excluding hydrogens is 405 g/mol. The van der Waals surface area contributed by atoms with Crippen LogP contribution >= 0.6 is 11.9 Å². The van der Waals surface area contributed by atoms with Gasteiger partial charge in [-0.3, -0.25) is 0 Å². The number of benzene rings is 2. The highest BCUT2D eigenvalue weighted by atomic mass is 35.5. The van der Waals surface area contributed by atoms with Gasteiger partial charge in [-0.1, -0.05) is 48.0 Å². The zero-order valence-electron chi connectivity index (χ0n) is 16.9. The van der Waals surface area contributed by atoms with Crippen molar-refractivity contribution in [2.75, 3.05) is 19.7 Å². The van der Waals surface area contributed by atoms with Crippen LogP contribution in [0.4, 0.5) is 4.39 Å². The summed E-state index contributed by atoms with van der Waals surface area (Å²) < 4.78 is 23.2. The van der Waals surface area contributed by atoms with Gasteiger partial charge in [0.1, 0.15) is 17.6 Å². The predicted molar refractivity (Wildman–Crippen MR) is 117 cm³/mol. The maximum absolute atomic E-state index is 13.4. The van der Waals surface area contributed by atoms with E-state index in [1.807, 2.05) is 12.1 Å². The van der Waals surface area contributed by atoms with Gasteiger partial charge in [0, 0.05) is 13.1 Å². The van der Waals surface area contributed by atoms with Crippen molar-refractivity contribution >= 4 is 23.9 Å². The number of hydrogen-bond donors (Lipinski definition) is 1. The van der Waals surface area contributed by atoms with Crippen molar-refractivity contribution in [1.29, 1.82) is 0 Å². The molecule has 1 unspecified atom stereocenters. The molecule has 30 heavy (non-hydrogen) atoms. The number of halogens is 2. The van der Waals surface area contributed by atoms with Crippen molar-refractivity contribution in [3.63, 3.8) is 0 Å². The van der Waals surface area contributed by atoms with Crippen molar-refractivity contribution in [2.24, 2.45) is 0 Å². The van der Waals surface area contributed by atoms with Crippen LogP contribution in [0, 0.1) is 0 Å². The zero-order chi connectivity index (χ0) is 21.2. The van der Waals surface area contributed by atoms with Crippen molar-refractivity contribution < 1.29 is 18.2 Å². The molecule has 0 radical (unpaired) electrons. The van der Waals surface area contributed by atoms with Gasteiger partial charge in [-0.15, -0.1) is 0 Å². The fourth-order valence-corrected chi connectivity index (χ4v) is 3.61. The van der Waals surface area contributed by atoms with Gasteiger partial charge in [0.2, 0.25) is 6.17 Å². The van der Waals surface area contributed by atoms with E-state index < -0.39 is 12.1 Å². The third-order valence-electron chi connectivity index (χ3n) is 5.17. The number of aryl methyl sites for hydroxylation is 2. The summed E-state index contributed by atoms with van der Waals surface area (Å²) >= 11 is 4.88. The van der Waals surface area contributed by atoms with E-state index in [-0.39, 0.29) is 6.54 Å². The SMILES string of the molecule is O=C(OCl)C(F)CNCC1=Cc2ccc(OCCCCc3ccccc3)cc2CC1. The van der Waals surface area contributed by atoms with Crippen LogP contribution in [0.2, 0.25) is 0 Å². The Morgan fingerprint density at radius 1 is 1.13 bits per heavy atom. The molecule has 4 nitrogen and oxygen atoms in total. The molecule has 0 heterocycles. The minimum atomic E-state index is -1.76. The molecule has 1 aliphatic rings. The average molecular weight is 432 g/mol. The first-order valence-electron chi connectivity index (χ1n) is 10.3. The van der Waals surface area contributed by atoms with Crippen molar-refractivity contribution in [2.45, 2.75) is 38.3 Å². The highest BCUT2D eigenvalue weighted by Gasteiger charge is 2.19. The molecule has 160 valence electrons. The van der Waals surface area contributed by atoms with Gasteiger partial charge in [0.15, 0.2) is 0 Å². The maximum atomic E-state index is 13.4. The van der Waals surface area contributed by atoms with Crippen molar-refractivity contribution in [3.8, 4) is 5.75 Å². The van der Waals surface area contributed by atoms with E-state index in [0.29, 0.717) is 13.2 Å². The number of carbonyl (C=O) groups excluding carboxylic acids is 1. The van der Waals surface area contributed by atoms with Gasteiger partial charge in [0.05, 0.1) is 6.61 Å². The Hall–Kier alpha value is -2.37. The van der Waals surface area contributed by atoms with Gasteiger partial charge in [-0.05, 0) is 60.9 Å². The molecule has 2 aromatic carbocycles. The van der Waals surface area contributed by atoms with E-state index in [2.05, 4.69) is 52.1 Å². The normalized spacial score (nSPS) is 13.9. The number of ether oxygens (including phenoxy) is 1. The molecule has 0 spiro atoms. The van der Waals surface area contributed by atoms with Gasteiger partial charge >= 0.3 is 5.97 Å². The highest BCUT2D eigenvalue weighted by molar-refractivity contribution is 6.13. The van der Waals surface area contributed by atoms with Crippen LogP contribution in [0.3, 0.4) is 0 Å². The number of unbranched alkanes of at least 4 members (excludes halogenated alkanes) is 1. The van der Waals surface area contributed by atoms with Gasteiger partial charge in [-0.2, -0.15) is 0 Å². The summed E-state index contributed by atoms with van der Waals surface area (Å²) in [5, 5.41) is 2.94. The first-order chi connectivity index (χ1) is 14.7. The summed E-state index contributed by atoms with van der Waals surface area (Å²) in [6, 6.07) is 16.7. The summed E-state index contributed by atoms with van der Waals surface area (Å²) in [5.41, 5.74) is 4.95. The number of fused-ring (bicyclic) bond motifs is 1. The molecule has 0 bridgehead atoms. The monoisotopic (exact) mass is 431 g/mol. The fraction of sp³-hybridized carbons (Fsp3) is 0.375. The Balaban J connectivity index is 1.41. The number of alkyl halides is 1. The average Bonchev–Trinajstić information content (AvgIpc) is 2.78. The molecule has 0 saturated heterocycles. The van der Waals surface area contributed by atoms with E-state index in [9.17, 15) is 9.18 Å². The Morgan fingerprint density at radius 2 is 1.97 bits per heavy atom. The minimum Gasteiger partial charge on any atom is -0.494 e. The van der Waals surface area contributed by atoms with Crippen molar-refractivity contribution in [3.05, 3.63) is 70.8 Å². The third kappa shape index (κ3) is 6.85. The van der Waals surface area contributed by atoms with E-state index >= 15 is 0 Å². The zero-order valence-corrected chi connectivity index (χ0v) is 17.7. The van der Waals surface area contributed by atoms with Crippen molar-refractivity contribution in [1.82, 2.24) is 5.32 Å². The van der Waals surface area contributed by atoms with Crippen LogP contribution in [-0.2, 0) is 21.9 Å². The number of nitrogens with one attached hydrogen (secondary N) is 1. The summed E-state index contributed by atoms with van der Waals surface area (Å²) in [6.07, 6.45) is 5.36. The lowest BCUT2D eigenvalue weighted by Crippen LogP contribution is -2.31. The molecule has 0 amide bonds. The molecule has 1 aliphatic carbocycles. The lowest BCUT2D eigenvalue weighted by atomic mass is 9.92. The molecule has 0 fully saturated rings. The highest BCUT2D eigenvalue weighted by Crippen LogP contribution is 2.27. The van der Waals surface area contributed by atoms with Gasteiger partial charge in [-0.25, -0.2) is 9.18 Å². The largest absolute Gasteiger partial charge is 0.494 e. The summed E-state index contributed by atoms with van der Waals surface area (Å²) in [7, 11) is 0. The third-order valence-corrected chi connectivity index (χ3v) is 5.32. The minimum absolute atomic E-state index is 0.118. The quantitative estimate of drug-likeness (QED) is 0.506. The van der Waals surface area contributed by atoms with Crippen LogP contribution < -0.4 is 10.1 Å². The van der Waals surface area contributed by atoms with Crippen LogP contribution in [0.1, 0.15) is 36.0 Å². The summed E-state index contributed by atoms with van der Waals surface area (Å²) in [4.78, 5) is 11.0. The predicted octanol–water partition coefficient (Wildman–Crippen LogP) is 5.04. The molecular formula is C24H27ClFNO3. The molecule has 0 saturated carbocycles. The molecule has 0 aromatic heterocycles. The maximum Gasteiger partial charge on any atom is 0.360 e. The molecule has 1 N–H and O–H groups in total. The second-order valence-corrected chi connectivity index (χ2v) is 7.60. The molecule has 2 aromatic rings. The second kappa shape index (κ2) is 11.7. The summed E-state index contributed by atoms with van der Waals surface area (Å²) in [5.74, 6) is -0.164. The van der Waals surface area contributed by atoms with E-state index in [1.54, 1.807) is 0 Å². The number of carbonyl (C=O) groups is 1. The number of rotatable bonds is 11. The van der Waals surface area contributed by atoms with Gasteiger partial charge in [0.25, 0.3) is 0 Å². The fourth-order valence-electron chi connectivity index (χ4n) is 3.51. The topological polar surface area (TPSA) is 47.6 Å². The standard InChI is InChI=1S/C24H27ClFNO3/c25-30-24(28)23(26)17-27-16-19-9-10-21-15-22(12-11-20(21)14-19)29-13-5-4-8-18-6-2-1-3-7-18/h1-3,6-7,11-12,14-15,23,27H,4-5,8-10,13,16-17H2. The lowest BCUT2D eigenvalue weighted by molar-refractivity contribution is -0.139. The second-order valence-electron chi connectivity index (χ2n) is 7.45. The Labute approximate surface area is 182 Å². The van der Waals surface area contributed by atoms with E-state index in [4.69, 9.17) is 16.6 Å². The first kappa shape index (κ1) is 22.3. The molecule has 0 aliphatic heterocycles. The van der Waals surface area contributed by atoms with E-state index in [0.717, 1.165) is 43.4 Å². The van der Waals surface area contributed by atoms with Crippen LogP contribution in [0.15, 0.2) is 54.1 Å². The Kier molecular flexibility index (Phi) is 8.72. The smallest absolute Gasteiger partial charge is 0.360 e. The number of hydrogen-bond acceptors (Lipinski definition) is 4. The Morgan fingerprint density at radius 3 is 2.77 bits per heavy atom. The Bertz CT molecular complexity index is 857. The lowest BCUT2D eigenvalue weighted by Gasteiger charge is -2.18. The van der Waals surface area contributed by atoms with Gasteiger partial charge < -0.3 is 14.3 Å². The van der Waals surface area contributed by atoms with Crippen LogP contribution in [0.5, 0.6) is 5.75 Å². The van der Waals surface area contributed by atoms with Crippen LogP contribution in [-0.4, -0.2) is 31.8 Å². The van der Waals surface area contributed by atoms with E-state index in [1.165, 1.54) is 16.7 Å². The first-order valence-corrected chi connectivity index (χ1v) is 10.6.